The molecule has 7 heteroatoms. The standard InChI is InChI=1S/C24H22N6O/c1-14-7-9-17(10-8-14)20-13-25-28-24(26-20)30-23-22(16(3)29-30)19(12-21(31)27-23)18-6-4-5-15(2)11-18/h4-11,13,19H,12H2,1-3H3,(H,27,31). The number of carbonyl (C=O) groups excluding carboxylic acids is 1. The molecule has 7 nitrogen and oxygen atoms in total. The van der Waals surface area contributed by atoms with Gasteiger partial charge in [-0.2, -0.15) is 14.9 Å². The molecule has 1 aliphatic rings. The average molecular weight is 410 g/mol. The van der Waals surface area contributed by atoms with Crippen LogP contribution < -0.4 is 5.32 Å². The molecule has 0 spiro atoms. The van der Waals surface area contributed by atoms with Crippen molar-refractivity contribution >= 4 is 11.7 Å². The van der Waals surface area contributed by atoms with Crippen molar-refractivity contribution in [3.63, 3.8) is 0 Å². The molecule has 0 fully saturated rings. The third kappa shape index (κ3) is 3.48. The quantitative estimate of drug-likeness (QED) is 0.549. The molecule has 0 saturated carbocycles. The number of anilines is 1. The molecule has 4 aromatic rings. The monoisotopic (exact) mass is 410 g/mol. The molecule has 31 heavy (non-hydrogen) atoms. The SMILES string of the molecule is Cc1ccc(-c2cnnc(-n3nc(C)c4c3NC(=O)CC4c3cccc(C)c3)n2)cc1. The predicted octanol–water partition coefficient (Wildman–Crippen LogP) is 4.12. The van der Waals surface area contributed by atoms with Crippen LogP contribution in [0.3, 0.4) is 0 Å². The molecular weight excluding hydrogens is 388 g/mol. The number of rotatable bonds is 3. The first-order chi connectivity index (χ1) is 15.0. The van der Waals surface area contributed by atoms with Gasteiger partial charge in [0.2, 0.25) is 5.91 Å². The molecular formula is C24H22N6O. The lowest BCUT2D eigenvalue weighted by molar-refractivity contribution is -0.116. The Bertz CT molecular complexity index is 1290. The maximum Gasteiger partial charge on any atom is 0.272 e. The molecule has 1 unspecified atom stereocenters. The van der Waals surface area contributed by atoms with Crippen LogP contribution >= 0.6 is 0 Å². The minimum atomic E-state index is -0.0642. The fourth-order valence-electron chi connectivity index (χ4n) is 4.11. The van der Waals surface area contributed by atoms with Crippen LogP contribution in [0.1, 0.15) is 40.3 Å². The van der Waals surface area contributed by atoms with Gasteiger partial charge in [0, 0.05) is 23.5 Å². The Morgan fingerprint density at radius 1 is 1.03 bits per heavy atom. The van der Waals surface area contributed by atoms with Crippen LogP contribution in [0.5, 0.6) is 0 Å². The third-order valence-electron chi connectivity index (χ3n) is 5.63. The van der Waals surface area contributed by atoms with E-state index in [1.54, 1.807) is 10.9 Å². The number of nitrogens with one attached hydrogen (secondary N) is 1. The van der Waals surface area contributed by atoms with E-state index in [2.05, 4.69) is 50.7 Å². The van der Waals surface area contributed by atoms with Crippen LogP contribution in [0.2, 0.25) is 0 Å². The van der Waals surface area contributed by atoms with Gasteiger partial charge < -0.3 is 5.32 Å². The first-order valence-corrected chi connectivity index (χ1v) is 10.2. The number of aryl methyl sites for hydroxylation is 3. The van der Waals surface area contributed by atoms with E-state index in [9.17, 15) is 4.79 Å². The molecule has 1 amide bonds. The molecule has 2 aromatic carbocycles. The summed E-state index contributed by atoms with van der Waals surface area (Å²) in [5.74, 6) is 0.823. The minimum absolute atomic E-state index is 0.0530. The lowest BCUT2D eigenvalue weighted by Gasteiger charge is -2.24. The van der Waals surface area contributed by atoms with Crippen molar-refractivity contribution in [2.24, 2.45) is 0 Å². The Labute approximate surface area is 180 Å². The Hall–Kier alpha value is -3.87. The Kier molecular flexibility index (Phi) is 4.58. The highest BCUT2D eigenvalue weighted by molar-refractivity contribution is 5.95. The number of fused-ring (bicyclic) bond motifs is 1. The molecule has 1 N–H and O–H groups in total. The molecule has 1 aliphatic heterocycles. The Balaban J connectivity index is 1.61. The van der Waals surface area contributed by atoms with Gasteiger partial charge in [0.15, 0.2) is 0 Å². The van der Waals surface area contributed by atoms with Gasteiger partial charge in [-0.3, -0.25) is 4.79 Å². The lowest BCUT2D eigenvalue weighted by Crippen LogP contribution is -2.25. The molecule has 2 aromatic heterocycles. The number of carbonyl (C=O) groups is 1. The van der Waals surface area contributed by atoms with Gasteiger partial charge in [-0.25, -0.2) is 4.98 Å². The summed E-state index contributed by atoms with van der Waals surface area (Å²) in [5, 5.41) is 16.0. The maximum atomic E-state index is 12.6. The van der Waals surface area contributed by atoms with E-state index in [1.165, 1.54) is 5.56 Å². The number of benzene rings is 2. The van der Waals surface area contributed by atoms with Gasteiger partial charge in [-0.05, 0) is 26.3 Å². The van der Waals surface area contributed by atoms with Crippen molar-refractivity contribution in [3.8, 4) is 17.2 Å². The highest BCUT2D eigenvalue weighted by Crippen LogP contribution is 2.40. The van der Waals surface area contributed by atoms with Crippen LogP contribution in [0.25, 0.3) is 17.2 Å². The topological polar surface area (TPSA) is 85.6 Å². The molecule has 1 atom stereocenters. The normalized spacial score (nSPS) is 15.5. The molecule has 0 radical (unpaired) electrons. The number of aromatic nitrogens is 5. The summed E-state index contributed by atoms with van der Waals surface area (Å²) < 4.78 is 1.59. The second-order valence-electron chi connectivity index (χ2n) is 7.99. The second-order valence-corrected chi connectivity index (χ2v) is 7.99. The third-order valence-corrected chi connectivity index (χ3v) is 5.63. The minimum Gasteiger partial charge on any atom is -0.310 e. The second kappa shape index (κ2) is 7.43. The van der Waals surface area contributed by atoms with Gasteiger partial charge in [0.1, 0.15) is 5.82 Å². The van der Waals surface area contributed by atoms with Crippen LogP contribution in [-0.2, 0) is 4.79 Å². The van der Waals surface area contributed by atoms with E-state index < -0.39 is 0 Å². The molecule has 0 bridgehead atoms. The first kappa shape index (κ1) is 19.1. The number of amides is 1. The van der Waals surface area contributed by atoms with E-state index in [0.29, 0.717) is 23.9 Å². The number of hydrogen-bond acceptors (Lipinski definition) is 5. The summed E-state index contributed by atoms with van der Waals surface area (Å²) in [6, 6.07) is 16.3. The zero-order chi connectivity index (χ0) is 21.5. The summed E-state index contributed by atoms with van der Waals surface area (Å²) in [4.78, 5) is 17.3. The van der Waals surface area contributed by atoms with Crippen LogP contribution in [0.4, 0.5) is 5.82 Å². The van der Waals surface area contributed by atoms with E-state index >= 15 is 0 Å². The molecule has 0 saturated heterocycles. The van der Waals surface area contributed by atoms with Gasteiger partial charge in [0.05, 0.1) is 17.6 Å². The van der Waals surface area contributed by atoms with Crippen LogP contribution in [0.15, 0.2) is 54.7 Å². The maximum absolute atomic E-state index is 12.6. The molecule has 154 valence electrons. The van der Waals surface area contributed by atoms with E-state index in [0.717, 1.165) is 27.9 Å². The summed E-state index contributed by atoms with van der Waals surface area (Å²) in [6.45, 7) is 6.05. The van der Waals surface area contributed by atoms with Crippen molar-refractivity contribution in [2.45, 2.75) is 33.1 Å². The highest BCUT2D eigenvalue weighted by Gasteiger charge is 2.33. The van der Waals surface area contributed by atoms with E-state index in [4.69, 9.17) is 0 Å². The van der Waals surface area contributed by atoms with Crippen LogP contribution in [0, 0.1) is 20.8 Å². The summed E-state index contributed by atoms with van der Waals surface area (Å²) >= 11 is 0. The number of hydrogen-bond donors (Lipinski definition) is 1. The van der Waals surface area contributed by atoms with Crippen molar-refractivity contribution in [3.05, 3.63) is 82.7 Å². The van der Waals surface area contributed by atoms with Crippen molar-refractivity contribution in [2.75, 3.05) is 5.32 Å². The molecule has 5 rings (SSSR count). The largest absolute Gasteiger partial charge is 0.310 e. The average Bonchev–Trinajstić information content (AvgIpc) is 3.10. The van der Waals surface area contributed by atoms with Crippen molar-refractivity contribution in [1.82, 2.24) is 25.0 Å². The first-order valence-electron chi connectivity index (χ1n) is 10.2. The Morgan fingerprint density at radius 3 is 2.61 bits per heavy atom. The zero-order valence-corrected chi connectivity index (χ0v) is 17.6. The van der Waals surface area contributed by atoms with E-state index in [1.807, 2.05) is 44.2 Å². The summed E-state index contributed by atoms with van der Waals surface area (Å²) in [7, 11) is 0. The van der Waals surface area contributed by atoms with Crippen molar-refractivity contribution < 1.29 is 4.79 Å². The Morgan fingerprint density at radius 2 is 1.84 bits per heavy atom. The van der Waals surface area contributed by atoms with Gasteiger partial charge in [-0.1, -0.05) is 59.7 Å². The van der Waals surface area contributed by atoms with Gasteiger partial charge >= 0.3 is 0 Å². The van der Waals surface area contributed by atoms with Gasteiger partial charge in [0.25, 0.3) is 5.95 Å². The highest BCUT2D eigenvalue weighted by atomic mass is 16.1. The molecule has 3 heterocycles. The summed E-state index contributed by atoms with van der Waals surface area (Å²) in [5.41, 5.74) is 6.91. The fourth-order valence-corrected chi connectivity index (χ4v) is 4.11. The fraction of sp³-hybridized carbons (Fsp3) is 0.208. The van der Waals surface area contributed by atoms with E-state index in [-0.39, 0.29) is 11.8 Å². The van der Waals surface area contributed by atoms with Crippen molar-refractivity contribution in [1.29, 1.82) is 0 Å². The molecule has 0 aliphatic carbocycles. The van der Waals surface area contributed by atoms with Crippen LogP contribution in [-0.4, -0.2) is 30.9 Å². The smallest absolute Gasteiger partial charge is 0.272 e. The number of nitrogens with zero attached hydrogens (tertiary/aromatic N) is 5. The lowest BCUT2D eigenvalue weighted by atomic mass is 9.85. The summed E-state index contributed by atoms with van der Waals surface area (Å²) in [6.07, 6.45) is 2.01. The van der Waals surface area contributed by atoms with Gasteiger partial charge in [-0.15, -0.1) is 5.10 Å². The predicted molar refractivity (Wildman–Crippen MR) is 118 cm³/mol. The zero-order valence-electron chi connectivity index (χ0n) is 17.6.